The summed E-state index contributed by atoms with van der Waals surface area (Å²) in [5, 5.41) is 4.78. The Bertz CT molecular complexity index is 1620. The van der Waals surface area contributed by atoms with Crippen molar-refractivity contribution >= 4 is 26.9 Å². The van der Waals surface area contributed by atoms with Crippen LogP contribution in [0.4, 0.5) is 13.2 Å². The van der Waals surface area contributed by atoms with Gasteiger partial charge in [-0.3, -0.25) is 0 Å². The molecule has 0 radical (unpaired) electrons. The van der Waals surface area contributed by atoms with Gasteiger partial charge in [-0.25, -0.2) is 4.79 Å². The fourth-order valence-corrected chi connectivity index (χ4v) is 5.40. The van der Waals surface area contributed by atoms with Crippen molar-refractivity contribution in [3.05, 3.63) is 95.6 Å². The van der Waals surface area contributed by atoms with Crippen molar-refractivity contribution in [2.75, 3.05) is 19.3 Å². The standard InChI is InChI=1S/C30H26F3NO4S/c1-39(36,37)38-29(35)25-17-24-16-23(20-6-9-26(10-7-20)30(31,32)33)8-11-27(24)28(18-25)22-4-2-19(3-5-22)21-12-14-34-15-13-21/h2-11,16-18,21,34H,12-15H2,1H3. The summed E-state index contributed by atoms with van der Waals surface area (Å²) in [5.74, 6) is -0.536. The summed E-state index contributed by atoms with van der Waals surface area (Å²) in [5.41, 5.74) is 3.32. The van der Waals surface area contributed by atoms with Crippen molar-refractivity contribution in [2.24, 2.45) is 0 Å². The molecular weight excluding hydrogens is 527 g/mol. The second-order valence-corrected chi connectivity index (χ2v) is 11.3. The Morgan fingerprint density at radius 1 is 0.846 bits per heavy atom. The first kappa shape index (κ1) is 26.9. The molecule has 1 N–H and O–H groups in total. The summed E-state index contributed by atoms with van der Waals surface area (Å²) >= 11 is 0. The van der Waals surface area contributed by atoms with Gasteiger partial charge in [-0.15, -0.1) is 0 Å². The van der Waals surface area contributed by atoms with E-state index < -0.39 is 27.8 Å². The van der Waals surface area contributed by atoms with E-state index in [1.807, 2.05) is 24.3 Å². The molecule has 1 heterocycles. The molecule has 9 heteroatoms. The largest absolute Gasteiger partial charge is 0.416 e. The molecule has 0 unspecified atom stereocenters. The Balaban J connectivity index is 1.59. The van der Waals surface area contributed by atoms with Gasteiger partial charge in [-0.1, -0.05) is 48.5 Å². The molecule has 4 aromatic rings. The van der Waals surface area contributed by atoms with E-state index in [0.717, 1.165) is 55.3 Å². The van der Waals surface area contributed by atoms with Crippen LogP contribution in [0.1, 0.15) is 40.2 Å². The molecule has 1 aliphatic rings. The lowest BCUT2D eigenvalue weighted by atomic mass is 9.88. The van der Waals surface area contributed by atoms with Crippen LogP contribution in [0.15, 0.2) is 78.9 Å². The fourth-order valence-electron chi connectivity index (χ4n) is 5.03. The summed E-state index contributed by atoms with van der Waals surface area (Å²) in [4.78, 5) is 12.7. The van der Waals surface area contributed by atoms with Gasteiger partial charge in [-0.2, -0.15) is 21.6 Å². The lowest BCUT2D eigenvalue weighted by molar-refractivity contribution is -0.137. The van der Waals surface area contributed by atoms with Gasteiger partial charge in [0.2, 0.25) is 0 Å². The van der Waals surface area contributed by atoms with Gasteiger partial charge in [-0.05, 0) is 101 Å². The van der Waals surface area contributed by atoms with Crippen LogP contribution in [0.3, 0.4) is 0 Å². The second-order valence-electron chi connectivity index (χ2n) is 9.76. The smallest absolute Gasteiger partial charge is 0.341 e. The molecule has 1 saturated heterocycles. The highest BCUT2D eigenvalue weighted by Crippen LogP contribution is 2.36. The van der Waals surface area contributed by atoms with Crippen LogP contribution in [-0.2, 0) is 20.5 Å². The molecule has 0 aromatic heterocycles. The van der Waals surface area contributed by atoms with E-state index in [1.165, 1.54) is 23.8 Å². The Morgan fingerprint density at radius 2 is 1.46 bits per heavy atom. The number of hydrogen-bond acceptors (Lipinski definition) is 5. The molecule has 0 saturated carbocycles. The van der Waals surface area contributed by atoms with Crippen molar-refractivity contribution in [1.82, 2.24) is 5.32 Å². The minimum Gasteiger partial charge on any atom is -0.341 e. The van der Waals surface area contributed by atoms with Crippen LogP contribution < -0.4 is 5.32 Å². The third kappa shape index (κ3) is 6.15. The molecular formula is C30H26F3NO4S. The highest BCUT2D eigenvalue weighted by molar-refractivity contribution is 7.86. The molecule has 0 bridgehead atoms. The number of nitrogens with one attached hydrogen (secondary N) is 1. The van der Waals surface area contributed by atoms with Gasteiger partial charge < -0.3 is 9.50 Å². The average Bonchev–Trinajstić information content (AvgIpc) is 2.91. The van der Waals surface area contributed by atoms with E-state index in [4.69, 9.17) is 0 Å². The molecule has 202 valence electrons. The van der Waals surface area contributed by atoms with Crippen molar-refractivity contribution in [3.63, 3.8) is 0 Å². The fraction of sp³-hybridized carbons (Fsp3) is 0.233. The minimum atomic E-state index is -4.44. The summed E-state index contributed by atoms with van der Waals surface area (Å²) in [6.07, 6.45) is -1.52. The zero-order valence-corrected chi connectivity index (χ0v) is 21.9. The van der Waals surface area contributed by atoms with Crippen molar-refractivity contribution in [1.29, 1.82) is 0 Å². The monoisotopic (exact) mass is 553 g/mol. The van der Waals surface area contributed by atoms with Gasteiger partial charge in [0, 0.05) is 0 Å². The van der Waals surface area contributed by atoms with Crippen LogP contribution in [0.2, 0.25) is 0 Å². The Morgan fingerprint density at radius 3 is 2.08 bits per heavy atom. The van der Waals surface area contributed by atoms with E-state index in [2.05, 4.69) is 21.6 Å². The molecule has 1 fully saturated rings. The van der Waals surface area contributed by atoms with Crippen molar-refractivity contribution in [2.45, 2.75) is 24.9 Å². The number of carbonyl (C=O) groups excluding carboxylic acids is 1. The molecule has 39 heavy (non-hydrogen) atoms. The van der Waals surface area contributed by atoms with Gasteiger partial charge in [0.05, 0.1) is 17.4 Å². The molecule has 5 rings (SSSR count). The van der Waals surface area contributed by atoms with Gasteiger partial charge in [0.1, 0.15) is 0 Å². The molecule has 0 spiro atoms. The molecule has 4 aromatic carbocycles. The molecule has 1 aliphatic heterocycles. The maximum atomic E-state index is 13.0. The Labute approximate surface area is 224 Å². The normalized spacial score (nSPS) is 14.9. The summed E-state index contributed by atoms with van der Waals surface area (Å²) in [6.45, 7) is 1.95. The molecule has 0 atom stereocenters. The number of piperidine rings is 1. The van der Waals surface area contributed by atoms with Crippen LogP contribution >= 0.6 is 0 Å². The first-order chi connectivity index (χ1) is 18.5. The lowest BCUT2D eigenvalue weighted by Crippen LogP contribution is -2.26. The number of alkyl halides is 3. The van der Waals surface area contributed by atoms with Gasteiger partial charge in [0.15, 0.2) is 0 Å². The van der Waals surface area contributed by atoms with E-state index in [-0.39, 0.29) is 5.56 Å². The molecule has 0 aliphatic carbocycles. The van der Waals surface area contributed by atoms with Crippen molar-refractivity contribution in [3.8, 4) is 22.3 Å². The van der Waals surface area contributed by atoms with Crippen LogP contribution in [-0.4, -0.2) is 33.7 Å². The summed E-state index contributed by atoms with van der Waals surface area (Å²) < 4.78 is 66.9. The zero-order chi connectivity index (χ0) is 27.8. The van der Waals surface area contributed by atoms with E-state index >= 15 is 0 Å². The average molecular weight is 554 g/mol. The topological polar surface area (TPSA) is 72.5 Å². The predicted molar refractivity (Wildman–Crippen MR) is 145 cm³/mol. The summed E-state index contributed by atoms with van der Waals surface area (Å²) in [6, 6.07) is 21.5. The number of benzene rings is 4. The SMILES string of the molecule is CS(=O)(=O)OC(=O)c1cc(-c2ccc(C3CCNCC3)cc2)c2ccc(-c3ccc(C(F)(F)F)cc3)cc2c1. The van der Waals surface area contributed by atoms with Gasteiger partial charge in [0.25, 0.3) is 0 Å². The number of rotatable bonds is 5. The molecule has 5 nitrogen and oxygen atoms in total. The zero-order valence-electron chi connectivity index (χ0n) is 21.1. The molecule has 0 amide bonds. The van der Waals surface area contributed by atoms with E-state index in [9.17, 15) is 26.4 Å². The first-order valence-electron chi connectivity index (χ1n) is 12.5. The lowest BCUT2D eigenvalue weighted by Gasteiger charge is -2.23. The third-order valence-electron chi connectivity index (χ3n) is 6.99. The minimum absolute atomic E-state index is 0.0509. The second kappa shape index (κ2) is 10.5. The summed E-state index contributed by atoms with van der Waals surface area (Å²) in [7, 11) is -4.03. The van der Waals surface area contributed by atoms with Gasteiger partial charge >= 0.3 is 22.3 Å². The van der Waals surface area contributed by atoms with Crippen LogP contribution in [0.5, 0.6) is 0 Å². The van der Waals surface area contributed by atoms with E-state index in [1.54, 1.807) is 12.1 Å². The first-order valence-corrected chi connectivity index (χ1v) is 14.3. The number of fused-ring (bicyclic) bond motifs is 1. The quantitative estimate of drug-likeness (QED) is 0.276. The Kier molecular flexibility index (Phi) is 7.22. The number of carbonyl (C=O) groups is 1. The van der Waals surface area contributed by atoms with Crippen molar-refractivity contribution < 1.29 is 30.6 Å². The highest BCUT2D eigenvalue weighted by Gasteiger charge is 2.30. The third-order valence-corrected chi connectivity index (χ3v) is 7.45. The number of hydrogen-bond donors (Lipinski definition) is 1. The maximum Gasteiger partial charge on any atom is 0.416 e. The van der Waals surface area contributed by atoms with E-state index in [0.29, 0.717) is 28.0 Å². The van der Waals surface area contributed by atoms with Crippen LogP contribution in [0, 0.1) is 0 Å². The van der Waals surface area contributed by atoms with Crippen LogP contribution in [0.25, 0.3) is 33.0 Å². The highest BCUT2D eigenvalue weighted by atomic mass is 32.2. The number of halogens is 3. The predicted octanol–water partition coefficient (Wildman–Crippen LogP) is 6.78. The maximum absolute atomic E-state index is 13.0. The Hall–Kier alpha value is -3.69.